The average Bonchev–Trinajstić information content (AvgIpc) is 3.20. The van der Waals surface area contributed by atoms with Crippen LogP contribution in [0.5, 0.6) is 0 Å². The van der Waals surface area contributed by atoms with E-state index in [-0.39, 0.29) is 5.91 Å². The predicted octanol–water partition coefficient (Wildman–Crippen LogP) is 4.51. The quantitative estimate of drug-likeness (QED) is 0.706. The van der Waals surface area contributed by atoms with Gasteiger partial charge in [0.05, 0.1) is 5.41 Å². The number of hydrogen-bond acceptors (Lipinski definition) is 2. The van der Waals surface area contributed by atoms with Crippen molar-refractivity contribution in [2.75, 3.05) is 18.4 Å². The third-order valence-electron chi connectivity index (χ3n) is 5.36. The van der Waals surface area contributed by atoms with Crippen LogP contribution in [0.2, 0.25) is 0 Å². The third kappa shape index (κ3) is 3.93. The summed E-state index contributed by atoms with van der Waals surface area (Å²) in [5, 5.41) is 6.48. The molecule has 3 aromatic rings. The van der Waals surface area contributed by atoms with Gasteiger partial charge >= 0.3 is 0 Å². The molecule has 0 saturated carbocycles. The van der Waals surface area contributed by atoms with E-state index in [1.165, 1.54) is 16.7 Å². The molecule has 0 unspecified atom stereocenters. The van der Waals surface area contributed by atoms with E-state index in [9.17, 15) is 4.79 Å². The number of carbonyl (C=O) groups excluding carboxylic acids is 1. The standard InChI is InChI=1S/C24H24N2O/c27-23(26-22-9-5-2-6-10-22)24(15-16-25-18-24)17-19-11-13-21(14-12-19)20-7-3-1-4-8-20/h1-14,25H,15-18H2,(H,26,27)/t24-/m1/s1. The second-order valence-electron chi connectivity index (χ2n) is 7.27. The average molecular weight is 356 g/mol. The fourth-order valence-electron chi connectivity index (χ4n) is 3.79. The molecule has 1 atom stereocenters. The van der Waals surface area contributed by atoms with Crippen molar-refractivity contribution in [1.82, 2.24) is 5.32 Å². The topological polar surface area (TPSA) is 41.1 Å². The summed E-state index contributed by atoms with van der Waals surface area (Å²) in [4.78, 5) is 13.1. The molecule has 1 aliphatic heterocycles. The Hall–Kier alpha value is -2.91. The summed E-state index contributed by atoms with van der Waals surface area (Å²) in [6.07, 6.45) is 1.60. The summed E-state index contributed by atoms with van der Waals surface area (Å²) in [6.45, 7) is 1.59. The fourth-order valence-corrected chi connectivity index (χ4v) is 3.79. The first-order valence-electron chi connectivity index (χ1n) is 9.47. The van der Waals surface area contributed by atoms with E-state index in [0.717, 1.165) is 25.1 Å². The molecule has 0 spiro atoms. The molecule has 0 aliphatic carbocycles. The first kappa shape index (κ1) is 17.5. The first-order valence-corrected chi connectivity index (χ1v) is 9.47. The van der Waals surface area contributed by atoms with Crippen molar-refractivity contribution in [3.63, 3.8) is 0 Å². The smallest absolute Gasteiger partial charge is 0.232 e. The molecule has 1 saturated heterocycles. The highest BCUT2D eigenvalue weighted by atomic mass is 16.2. The van der Waals surface area contributed by atoms with Gasteiger partial charge in [-0.15, -0.1) is 0 Å². The molecule has 27 heavy (non-hydrogen) atoms. The summed E-state index contributed by atoms with van der Waals surface area (Å²) in [5.74, 6) is 0.103. The van der Waals surface area contributed by atoms with Crippen molar-refractivity contribution < 1.29 is 4.79 Å². The normalized spacial score (nSPS) is 19.0. The lowest BCUT2D eigenvalue weighted by Gasteiger charge is -2.27. The van der Waals surface area contributed by atoms with Gasteiger partial charge in [0.1, 0.15) is 0 Å². The Morgan fingerprint density at radius 1 is 0.852 bits per heavy atom. The minimum absolute atomic E-state index is 0.103. The molecule has 136 valence electrons. The maximum atomic E-state index is 13.1. The molecule has 2 N–H and O–H groups in total. The first-order chi connectivity index (χ1) is 13.3. The molecule has 3 heteroatoms. The summed E-state index contributed by atoms with van der Waals surface area (Å²) < 4.78 is 0. The van der Waals surface area contributed by atoms with E-state index in [0.29, 0.717) is 6.54 Å². The van der Waals surface area contributed by atoms with Crippen LogP contribution in [-0.4, -0.2) is 19.0 Å². The minimum Gasteiger partial charge on any atom is -0.326 e. The Labute approximate surface area is 160 Å². The van der Waals surface area contributed by atoms with Gasteiger partial charge in [-0.25, -0.2) is 0 Å². The van der Waals surface area contributed by atoms with Crippen molar-refractivity contribution in [2.45, 2.75) is 12.8 Å². The Balaban J connectivity index is 1.52. The minimum atomic E-state index is -0.399. The number of carbonyl (C=O) groups is 1. The zero-order valence-electron chi connectivity index (χ0n) is 15.3. The highest BCUT2D eigenvalue weighted by molar-refractivity contribution is 5.96. The molecular formula is C24H24N2O. The zero-order chi connectivity index (χ0) is 18.5. The number of rotatable bonds is 5. The van der Waals surface area contributed by atoms with E-state index in [1.54, 1.807) is 0 Å². The van der Waals surface area contributed by atoms with Gasteiger partial charge in [-0.2, -0.15) is 0 Å². The van der Waals surface area contributed by atoms with E-state index in [2.05, 4.69) is 59.2 Å². The van der Waals surface area contributed by atoms with Gasteiger partial charge in [-0.05, 0) is 48.2 Å². The van der Waals surface area contributed by atoms with Crippen LogP contribution >= 0.6 is 0 Å². The second-order valence-corrected chi connectivity index (χ2v) is 7.27. The Morgan fingerprint density at radius 2 is 1.48 bits per heavy atom. The number of para-hydroxylation sites is 1. The summed E-state index contributed by atoms with van der Waals surface area (Å²) in [7, 11) is 0. The number of benzene rings is 3. The molecule has 0 bridgehead atoms. The Morgan fingerprint density at radius 3 is 2.11 bits per heavy atom. The molecule has 4 rings (SSSR count). The predicted molar refractivity (Wildman–Crippen MR) is 111 cm³/mol. The van der Waals surface area contributed by atoms with Gasteiger partial charge < -0.3 is 10.6 Å². The highest BCUT2D eigenvalue weighted by Crippen LogP contribution is 2.32. The maximum Gasteiger partial charge on any atom is 0.232 e. The van der Waals surface area contributed by atoms with Crippen LogP contribution in [0, 0.1) is 5.41 Å². The molecule has 1 aliphatic rings. The maximum absolute atomic E-state index is 13.1. The van der Waals surface area contributed by atoms with Gasteiger partial charge in [-0.3, -0.25) is 4.79 Å². The number of hydrogen-bond donors (Lipinski definition) is 2. The van der Waals surface area contributed by atoms with E-state index in [4.69, 9.17) is 0 Å². The van der Waals surface area contributed by atoms with Gasteiger partial charge in [0, 0.05) is 12.2 Å². The van der Waals surface area contributed by atoms with E-state index >= 15 is 0 Å². The van der Waals surface area contributed by atoms with Crippen molar-refractivity contribution in [3.05, 3.63) is 90.5 Å². The Kier molecular flexibility index (Phi) is 5.03. The van der Waals surface area contributed by atoms with Crippen LogP contribution in [0.1, 0.15) is 12.0 Å². The fraction of sp³-hybridized carbons (Fsp3) is 0.208. The second kappa shape index (κ2) is 7.77. The monoisotopic (exact) mass is 356 g/mol. The van der Waals surface area contributed by atoms with Gasteiger partial charge in [0.25, 0.3) is 0 Å². The molecule has 3 nitrogen and oxygen atoms in total. The van der Waals surface area contributed by atoms with Crippen LogP contribution in [0.3, 0.4) is 0 Å². The van der Waals surface area contributed by atoms with Crippen molar-refractivity contribution in [2.24, 2.45) is 5.41 Å². The lowest BCUT2D eigenvalue weighted by molar-refractivity contribution is -0.124. The molecule has 0 radical (unpaired) electrons. The van der Waals surface area contributed by atoms with Gasteiger partial charge in [-0.1, -0.05) is 72.8 Å². The third-order valence-corrected chi connectivity index (χ3v) is 5.36. The van der Waals surface area contributed by atoms with Crippen molar-refractivity contribution in [3.8, 4) is 11.1 Å². The summed E-state index contributed by atoms with van der Waals surface area (Å²) in [6, 6.07) is 28.7. The molecule has 1 fully saturated rings. The SMILES string of the molecule is O=C(Nc1ccccc1)[C@@]1(Cc2ccc(-c3ccccc3)cc2)CCNC1. The highest BCUT2D eigenvalue weighted by Gasteiger charge is 2.41. The van der Waals surface area contributed by atoms with Crippen molar-refractivity contribution in [1.29, 1.82) is 0 Å². The van der Waals surface area contributed by atoms with Crippen LogP contribution < -0.4 is 10.6 Å². The lowest BCUT2D eigenvalue weighted by atomic mass is 9.79. The van der Waals surface area contributed by atoms with Gasteiger partial charge in [0.15, 0.2) is 0 Å². The zero-order valence-corrected chi connectivity index (χ0v) is 15.3. The van der Waals surface area contributed by atoms with Crippen LogP contribution in [0.25, 0.3) is 11.1 Å². The van der Waals surface area contributed by atoms with Crippen molar-refractivity contribution >= 4 is 11.6 Å². The number of amides is 1. The summed E-state index contributed by atoms with van der Waals surface area (Å²) >= 11 is 0. The molecule has 3 aromatic carbocycles. The Bertz CT molecular complexity index is 883. The molecule has 0 aromatic heterocycles. The summed E-state index contributed by atoms with van der Waals surface area (Å²) in [5.41, 5.74) is 4.06. The lowest BCUT2D eigenvalue weighted by Crippen LogP contribution is -2.40. The number of anilines is 1. The van der Waals surface area contributed by atoms with Crippen LogP contribution in [-0.2, 0) is 11.2 Å². The number of nitrogens with one attached hydrogen (secondary N) is 2. The van der Waals surface area contributed by atoms with E-state index in [1.807, 2.05) is 36.4 Å². The largest absolute Gasteiger partial charge is 0.326 e. The molecular weight excluding hydrogens is 332 g/mol. The van der Waals surface area contributed by atoms with Crippen LogP contribution in [0.15, 0.2) is 84.9 Å². The van der Waals surface area contributed by atoms with Gasteiger partial charge in [0.2, 0.25) is 5.91 Å². The van der Waals surface area contributed by atoms with Crippen LogP contribution in [0.4, 0.5) is 5.69 Å². The molecule has 1 heterocycles. The van der Waals surface area contributed by atoms with E-state index < -0.39 is 5.41 Å². The molecule has 1 amide bonds.